The summed E-state index contributed by atoms with van der Waals surface area (Å²) in [6.07, 6.45) is 1.66. The van der Waals surface area contributed by atoms with Crippen molar-refractivity contribution in [1.29, 1.82) is 0 Å². The van der Waals surface area contributed by atoms with E-state index in [1.807, 2.05) is 0 Å². The molecule has 26 rings (SSSR count). The normalized spacial score (nSPS) is 12.6. The summed E-state index contributed by atoms with van der Waals surface area (Å²) in [6.45, 7) is 31.8. The lowest BCUT2D eigenvalue weighted by Crippen LogP contribution is -2.24. The smallest absolute Gasteiger partial charge is 0.159 e. The van der Waals surface area contributed by atoms with Crippen molar-refractivity contribution < 1.29 is 26.5 Å². The molecule has 0 spiro atoms. The monoisotopic (exact) mass is 1840 g/mol. The average Bonchev–Trinajstić information content (AvgIpc) is 1.54. The zero-order valence-electron chi connectivity index (χ0n) is 82.3. The molecule has 0 N–H and O–H groups in total. The lowest BCUT2D eigenvalue weighted by molar-refractivity contribution is 0.374. The van der Waals surface area contributed by atoms with Crippen LogP contribution in [0.2, 0.25) is 0 Å². The molecule has 690 valence electrons. The van der Waals surface area contributed by atoms with Crippen molar-refractivity contribution in [1.82, 2.24) is 0 Å². The van der Waals surface area contributed by atoms with E-state index >= 15 is 0 Å². The molecule has 6 heterocycles. The Morgan fingerprint density at radius 3 is 0.697 bits per heavy atom. The summed E-state index contributed by atoms with van der Waals surface area (Å²) in [7, 11) is 0. The van der Waals surface area contributed by atoms with Crippen LogP contribution in [-0.4, -0.2) is 0 Å². The Hall–Kier alpha value is -16.6. The van der Waals surface area contributed by atoms with Crippen LogP contribution in [0.15, 0.2) is 390 Å². The molecule has 20 aromatic carbocycles. The summed E-state index contributed by atoms with van der Waals surface area (Å²) in [4.78, 5) is 9.59. The molecule has 0 aliphatic heterocycles. The number of fused-ring (bicyclic) bond motifs is 26. The van der Waals surface area contributed by atoms with Gasteiger partial charge in [0.1, 0.15) is 44.7 Å². The highest BCUT2D eigenvalue weighted by Crippen LogP contribution is 2.58. The van der Waals surface area contributed by atoms with Crippen LogP contribution in [0.1, 0.15) is 127 Å². The minimum atomic E-state index is -0.382. The van der Waals surface area contributed by atoms with Crippen LogP contribution in [0, 0.1) is 27.7 Å². The van der Waals surface area contributed by atoms with E-state index in [0.29, 0.717) is 0 Å². The summed E-state index contributed by atoms with van der Waals surface area (Å²) in [6, 6.07) is 132. The first-order valence-electron chi connectivity index (χ1n) is 49.7. The summed E-state index contributed by atoms with van der Waals surface area (Å²) >= 11 is 0. The fraction of sp³-hybridized carbons (Fsp3) is 0.152. The van der Waals surface area contributed by atoms with E-state index in [-0.39, 0.29) is 21.7 Å². The quantitative estimate of drug-likeness (QED) is 0.0878. The third-order valence-electron chi connectivity index (χ3n) is 30.5. The van der Waals surface area contributed by atoms with Gasteiger partial charge < -0.3 is 46.1 Å². The van der Waals surface area contributed by atoms with E-state index < -0.39 is 0 Å². The number of hydrogen-bond donors (Lipinski definition) is 0. The third kappa shape index (κ3) is 13.3. The van der Waals surface area contributed by atoms with Gasteiger partial charge >= 0.3 is 0 Å². The molecule has 0 atom stereocenters. The molecule has 0 radical (unpaired) electrons. The molecule has 0 saturated heterocycles. The topological polar surface area (TPSA) is 91.8 Å². The highest BCUT2D eigenvalue weighted by Gasteiger charge is 2.37. The molecular formula is C132H106N4O6. The van der Waals surface area contributed by atoms with E-state index in [1.165, 1.54) is 11.1 Å². The molecule has 0 amide bonds. The molecule has 0 unspecified atom stereocenters. The Morgan fingerprint density at radius 1 is 0.183 bits per heavy atom. The fourth-order valence-electron chi connectivity index (χ4n) is 23.5. The predicted molar refractivity (Wildman–Crippen MR) is 597 cm³/mol. The number of para-hydroxylation sites is 10. The van der Waals surface area contributed by atoms with Crippen LogP contribution in [-0.2, 0) is 21.7 Å². The van der Waals surface area contributed by atoms with Crippen molar-refractivity contribution >= 4 is 243 Å². The minimum Gasteiger partial charge on any atom is -0.456 e. The van der Waals surface area contributed by atoms with Crippen LogP contribution in [0.3, 0.4) is 0 Å². The number of benzene rings is 20. The van der Waals surface area contributed by atoms with Gasteiger partial charge in [-0.3, -0.25) is 0 Å². The minimum absolute atomic E-state index is 0.147. The van der Waals surface area contributed by atoms with Gasteiger partial charge in [0.15, 0.2) is 22.3 Å². The number of rotatable bonds is 17. The maximum Gasteiger partial charge on any atom is 0.159 e. The Kier molecular flexibility index (Phi) is 19.3. The second-order valence-electron chi connectivity index (χ2n) is 42.6. The van der Waals surface area contributed by atoms with E-state index in [0.717, 1.165) is 289 Å². The number of anilines is 12. The second kappa shape index (κ2) is 32.0. The zero-order chi connectivity index (χ0) is 96.4. The lowest BCUT2D eigenvalue weighted by atomic mass is 9.72. The lowest BCUT2D eigenvalue weighted by Gasteiger charge is -2.32. The molecular weight excluding hydrogens is 1740 g/mol. The molecule has 0 bridgehead atoms. The van der Waals surface area contributed by atoms with Crippen LogP contribution in [0.4, 0.5) is 68.2 Å². The maximum atomic E-state index is 7.69. The van der Waals surface area contributed by atoms with E-state index in [4.69, 9.17) is 26.5 Å². The van der Waals surface area contributed by atoms with Crippen LogP contribution < -0.4 is 19.6 Å². The molecule has 142 heavy (non-hydrogen) atoms. The largest absolute Gasteiger partial charge is 0.456 e. The van der Waals surface area contributed by atoms with Crippen molar-refractivity contribution in [3.63, 3.8) is 0 Å². The average molecular weight is 1840 g/mol. The molecule has 26 aromatic rings. The number of furan rings is 6. The van der Waals surface area contributed by atoms with Gasteiger partial charge in [0, 0.05) is 155 Å². The Bertz CT molecular complexity index is 9770. The SMILES string of the molecule is Cc1cccc(N(c2cc3oc4cc(N(c5cccc(C)c5)c5cccc6c5oc5c(C(C)(C)CCC(C)(C)c7cccc8c7oc7c(N(c9ccccc9C)c9cc%10oc%11cc(N(c%12ccccc%12C)c%12cccc%13c%12oc%12c(C(C)(C)C)cccc%12%13)c%12ccccc%12c%11c%10c%10ccccc9%10)cccc78)cccc56)c5ccccc5c4c3c3ccccc23)c2cccc3c2oc2c(C(C)(C)C)cccc23)c1. The standard InChI is InChI=1S/C132H106N4O6/c1-77-37-27-41-81(71-77)133(105-65-33-55-95-91-51-29-59-99(129(5,6)7)121(91)139-125(95)105)109-73-113-117(87-47-21-17-43-83(87)109)118-88-48-22-18-44-84(88)110(74-114(118)137-113)134(82-42-28-38-78(2)72-82)106-66-34-56-97-93-53-31-61-101(123(93)141-126(97)106)131(11,12)69-70-132(13,14)102-62-32-54-94-98-58-36-68-108(128(98)142-124(94)102)136(104-64-26-16-40-80(104)4)112-76-116-120(90-50-24-20-46-86(90)112)119-89-49-23-19-45-85(89)111(75-115(119)138-116)135(103-63-25-15-39-79(103)3)107-67-35-57-96-92-52-30-60-100(130(8,9)10)122(92)140-127(96)107/h15-68,71-76H,69-70H2,1-14H3. The highest BCUT2D eigenvalue weighted by atomic mass is 16.4. The van der Waals surface area contributed by atoms with E-state index in [9.17, 15) is 0 Å². The second-order valence-corrected chi connectivity index (χ2v) is 42.6. The Labute approximate surface area is 823 Å². The summed E-state index contributed by atoms with van der Waals surface area (Å²) in [5, 5.41) is 21.4. The van der Waals surface area contributed by atoms with Crippen LogP contribution in [0.25, 0.3) is 175 Å². The summed E-state index contributed by atoms with van der Waals surface area (Å²) in [5.74, 6) is 0. The van der Waals surface area contributed by atoms with Gasteiger partial charge in [-0.2, -0.15) is 0 Å². The third-order valence-corrected chi connectivity index (χ3v) is 30.5. The first kappa shape index (κ1) is 85.8. The van der Waals surface area contributed by atoms with Crippen molar-refractivity contribution in [2.45, 2.75) is 131 Å². The predicted octanol–water partition coefficient (Wildman–Crippen LogP) is 39.4. The Balaban J connectivity index is 0.569. The number of aryl methyl sites for hydroxylation is 4. The van der Waals surface area contributed by atoms with Crippen molar-refractivity contribution in [3.05, 3.63) is 408 Å². The van der Waals surface area contributed by atoms with Gasteiger partial charge in [0.2, 0.25) is 0 Å². The summed E-state index contributed by atoms with van der Waals surface area (Å²) < 4.78 is 44.9. The number of hydrogen-bond acceptors (Lipinski definition) is 10. The van der Waals surface area contributed by atoms with Crippen molar-refractivity contribution in [2.75, 3.05) is 19.6 Å². The van der Waals surface area contributed by atoms with Crippen LogP contribution in [0.5, 0.6) is 0 Å². The molecule has 0 aliphatic carbocycles. The zero-order valence-corrected chi connectivity index (χ0v) is 82.3. The first-order valence-corrected chi connectivity index (χ1v) is 49.7. The maximum absolute atomic E-state index is 7.69. The first-order chi connectivity index (χ1) is 68.9. The van der Waals surface area contributed by atoms with Gasteiger partial charge in [-0.05, 0) is 167 Å². The molecule has 10 nitrogen and oxygen atoms in total. The molecule has 6 aromatic heterocycles. The molecule has 10 heteroatoms. The van der Waals surface area contributed by atoms with Gasteiger partial charge in [-0.15, -0.1) is 0 Å². The van der Waals surface area contributed by atoms with Crippen molar-refractivity contribution in [3.8, 4) is 0 Å². The van der Waals surface area contributed by atoms with Crippen molar-refractivity contribution in [2.24, 2.45) is 0 Å². The van der Waals surface area contributed by atoms with Gasteiger partial charge in [0.25, 0.3) is 0 Å². The fourth-order valence-corrected chi connectivity index (χ4v) is 23.5. The van der Waals surface area contributed by atoms with Gasteiger partial charge in [-0.1, -0.05) is 348 Å². The molecule has 0 aliphatic rings. The molecule has 0 saturated carbocycles. The van der Waals surface area contributed by atoms with Gasteiger partial charge in [0.05, 0.1) is 45.5 Å². The van der Waals surface area contributed by atoms with Gasteiger partial charge in [-0.25, -0.2) is 0 Å². The number of nitrogens with zero attached hydrogens (tertiary/aromatic N) is 4. The van der Waals surface area contributed by atoms with Crippen LogP contribution >= 0.6 is 0 Å². The van der Waals surface area contributed by atoms with E-state index in [2.05, 4.69) is 481 Å². The molecule has 0 fully saturated rings. The summed E-state index contributed by atoms with van der Waals surface area (Å²) in [5.41, 5.74) is 29.7. The Morgan fingerprint density at radius 2 is 0.408 bits per heavy atom. The van der Waals surface area contributed by atoms with E-state index in [1.54, 1.807) is 0 Å². The highest BCUT2D eigenvalue weighted by molar-refractivity contribution is 6.33.